The molecule has 9 aromatic rings. The zero-order chi connectivity index (χ0) is 38.1. The lowest BCUT2D eigenvalue weighted by molar-refractivity contribution is 0.152. The third-order valence-electron chi connectivity index (χ3n) is 11.0. The van der Waals surface area contributed by atoms with Gasteiger partial charge in [0.1, 0.15) is 18.2 Å². The first-order valence-corrected chi connectivity index (χ1v) is 20.2. The molecule has 57 heavy (non-hydrogen) atoms. The standard InChI is InChI=1S/C52H40N4S/c1-56-51(37-19-9-4-10-20-37)54-50(41-22-13-21-39(33-41)35-15-5-2-6-16-35)55-52(56)38-27-30-42(31-28-38)53-47-32-29-40(34-46(47)36-17-7-3-8-18-36)43-24-14-25-45-44-23-11-12-26-48(44)57-49(43)45/h2-34,51-53H,1H3,(H,54,55). The first kappa shape index (κ1) is 34.7. The van der Waals surface area contributed by atoms with E-state index in [1.807, 2.05) is 11.3 Å². The van der Waals surface area contributed by atoms with Crippen LogP contribution < -0.4 is 10.6 Å². The molecule has 0 bridgehead atoms. The average Bonchev–Trinajstić information content (AvgIpc) is 3.67. The number of thiophene rings is 1. The zero-order valence-corrected chi connectivity index (χ0v) is 32.3. The van der Waals surface area contributed by atoms with Crippen LogP contribution in [0.5, 0.6) is 0 Å². The molecule has 2 heterocycles. The normalized spacial score (nSPS) is 15.6. The van der Waals surface area contributed by atoms with E-state index < -0.39 is 0 Å². The smallest absolute Gasteiger partial charge is 0.132 e. The van der Waals surface area contributed by atoms with Crippen molar-refractivity contribution in [3.05, 3.63) is 217 Å². The van der Waals surface area contributed by atoms with Gasteiger partial charge in [0, 0.05) is 42.7 Å². The molecule has 2 N–H and O–H groups in total. The summed E-state index contributed by atoms with van der Waals surface area (Å²) in [5.74, 6) is 0.880. The van der Waals surface area contributed by atoms with Crippen molar-refractivity contribution in [2.45, 2.75) is 12.3 Å². The molecular formula is C52H40N4S. The summed E-state index contributed by atoms with van der Waals surface area (Å²) in [6, 6.07) is 71.4. The first-order valence-electron chi connectivity index (χ1n) is 19.4. The van der Waals surface area contributed by atoms with Gasteiger partial charge in [-0.15, -0.1) is 11.3 Å². The van der Waals surface area contributed by atoms with E-state index in [1.165, 1.54) is 53.6 Å². The Kier molecular flexibility index (Phi) is 9.15. The Labute approximate surface area is 337 Å². The van der Waals surface area contributed by atoms with Crippen LogP contribution in [0, 0.1) is 0 Å². The van der Waals surface area contributed by atoms with Crippen LogP contribution in [0.15, 0.2) is 205 Å². The summed E-state index contributed by atoms with van der Waals surface area (Å²) >= 11 is 1.87. The zero-order valence-electron chi connectivity index (χ0n) is 31.5. The maximum atomic E-state index is 5.37. The summed E-state index contributed by atoms with van der Waals surface area (Å²) in [6.07, 6.45) is -0.260. The topological polar surface area (TPSA) is 39.7 Å². The van der Waals surface area contributed by atoms with Crippen LogP contribution >= 0.6 is 11.3 Å². The number of aliphatic imine (C=N–C) groups is 1. The van der Waals surface area contributed by atoms with Gasteiger partial charge in [-0.25, -0.2) is 4.99 Å². The van der Waals surface area contributed by atoms with Crippen LogP contribution in [-0.4, -0.2) is 17.8 Å². The lowest BCUT2D eigenvalue weighted by Crippen LogP contribution is -2.45. The van der Waals surface area contributed by atoms with Crippen LogP contribution in [0.25, 0.3) is 53.6 Å². The molecule has 2 unspecified atom stereocenters. The summed E-state index contributed by atoms with van der Waals surface area (Å²) in [5, 5.41) is 10.2. The van der Waals surface area contributed by atoms with Crippen molar-refractivity contribution in [2.75, 3.05) is 12.4 Å². The Morgan fingerprint density at radius 2 is 1.16 bits per heavy atom. The Morgan fingerprint density at radius 1 is 0.509 bits per heavy atom. The number of nitrogens with one attached hydrogen (secondary N) is 2. The van der Waals surface area contributed by atoms with Gasteiger partial charge in [-0.05, 0) is 82.4 Å². The van der Waals surface area contributed by atoms with E-state index in [-0.39, 0.29) is 12.3 Å². The Balaban J connectivity index is 0.988. The molecule has 0 saturated carbocycles. The van der Waals surface area contributed by atoms with Crippen molar-refractivity contribution in [2.24, 2.45) is 4.99 Å². The molecule has 1 aliphatic heterocycles. The minimum Gasteiger partial charge on any atom is -0.355 e. The van der Waals surface area contributed by atoms with Crippen LogP contribution in [0.4, 0.5) is 11.4 Å². The van der Waals surface area contributed by atoms with Gasteiger partial charge in [-0.2, -0.15) is 0 Å². The van der Waals surface area contributed by atoms with Gasteiger partial charge in [0.15, 0.2) is 0 Å². The molecule has 0 fully saturated rings. The van der Waals surface area contributed by atoms with Crippen molar-refractivity contribution >= 4 is 48.7 Å². The summed E-state index contributed by atoms with van der Waals surface area (Å²) in [7, 11) is 2.15. The molecule has 1 aromatic heterocycles. The van der Waals surface area contributed by atoms with Crippen LogP contribution in [0.1, 0.15) is 29.0 Å². The van der Waals surface area contributed by atoms with E-state index in [2.05, 4.69) is 223 Å². The molecule has 4 nitrogen and oxygen atoms in total. The number of anilines is 2. The van der Waals surface area contributed by atoms with Crippen molar-refractivity contribution in [3.8, 4) is 33.4 Å². The fourth-order valence-electron chi connectivity index (χ4n) is 8.07. The quantitative estimate of drug-likeness (QED) is 0.162. The highest BCUT2D eigenvalue weighted by atomic mass is 32.1. The molecule has 274 valence electrons. The van der Waals surface area contributed by atoms with Gasteiger partial charge >= 0.3 is 0 Å². The van der Waals surface area contributed by atoms with E-state index in [0.29, 0.717) is 0 Å². The minimum atomic E-state index is -0.198. The third-order valence-corrected chi connectivity index (χ3v) is 12.2. The van der Waals surface area contributed by atoms with Crippen molar-refractivity contribution < 1.29 is 0 Å². The molecule has 0 saturated heterocycles. The minimum absolute atomic E-state index is 0.0627. The molecule has 1 aliphatic rings. The Hall–Kier alpha value is -6.79. The molecule has 5 heteroatoms. The molecule has 2 atom stereocenters. The van der Waals surface area contributed by atoms with Crippen molar-refractivity contribution in [1.82, 2.24) is 10.2 Å². The van der Waals surface area contributed by atoms with Crippen molar-refractivity contribution in [3.63, 3.8) is 0 Å². The fourth-order valence-corrected chi connectivity index (χ4v) is 9.31. The third kappa shape index (κ3) is 6.78. The van der Waals surface area contributed by atoms with E-state index in [4.69, 9.17) is 4.99 Å². The number of rotatable bonds is 8. The molecule has 0 spiro atoms. The Morgan fingerprint density at radius 3 is 1.95 bits per heavy atom. The molecule has 0 amide bonds. The maximum absolute atomic E-state index is 5.37. The van der Waals surface area contributed by atoms with E-state index in [0.717, 1.165) is 33.9 Å². The molecule has 10 rings (SSSR count). The number of fused-ring (bicyclic) bond motifs is 3. The second-order valence-corrected chi connectivity index (χ2v) is 15.6. The highest BCUT2D eigenvalue weighted by Crippen LogP contribution is 2.42. The summed E-state index contributed by atoms with van der Waals surface area (Å²) in [4.78, 5) is 7.68. The summed E-state index contributed by atoms with van der Waals surface area (Å²) < 4.78 is 2.64. The fraction of sp³-hybridized carbons (Fsp3) is 0.0577. The van der Waals surface area contributed by atoms with Gasteiger partial charge in [0.05, 0.1) is 0 Å². The SMILES string of the molecule is CN1C(c2ccc(Nc3ccc(-c4cccc5c4sc4ccccc45)cc3-c3ccccc3)cc2)N=C(c2cccc(-c3ccccc3)c2)NC1c1ccccc1. The lowest BCUT2D eigenvalue weighted by Gasteiger charge is -2.39. The van der Waals surface area contributed by atoms with E-state index in [1.54, 1.807) is 0 Å². The first-order chi connectivity index (χ1) is 28.2. The lowest BCUT2D eigenvalue weighted by atomic mass is 9.96. The monoisotopic (exact) mass is 752 g/mol. The van der Waals surface area contributed by atoms with Gasteiger partial charge in [-0.3, -0.25) is 4.90 Å². The van der Waals surface area contributed by atoms with Gasteiger partial charge in [0.25, 0.3) is 0 Å². The second-order valence-electron chi connectivity index (χ2n) is 14.6. The number of hydrogen-bond acceptors (Lipinski definition) is 5. The van der Waals surface area contributed by atoms with E-state index >= 15 is 0 Å². The summed E-state index contributed by atoms with van der Waals surface area (Å²) in [6.45, 7) is 0. The Bertz CT molecular complexity index is 2870. The molecule has 0 radical (unpaired) electrons. The highest BCUT2D eigenvalue weighted by Gasteiger charge is 2.31. The van der Waals surface area contributed by atoms with Gasteiger partial charge in [-0.1, -0.05) is 164 Å². The van der Waals surface area contributed by atoms with Gasteiger partial charge in [0.2, 0.25) is 0 Å². The van der Waals surface area contributed by atoms with E-state index in [9.17, 15) is 0 Å². The molecular weight excluding hydrogens is 713 g/mol. The predicted molar refractivity (Wildman–Crippen MR) is 241 cm³/mol. The predicted octanol–water partition coefficient (Wildman–Crippen LogP) is 13.5. The average molecular weight is 753 g/mol. The second kappa shape index (κ2) is 15.0. The molecule has 8 aromatic carbocycles. The van der Waals surface area contributed by atoms with Crippen LogP contribution in [-0.2, 0) is 0 Å². The van der Waals surface area contributed by atoms with Crippen LogP contribution in [0.3, 0.4) is 0 Å². The number of hydrogen-bond donors (Lipinski definition) is 2. The number of benzene rings is 8. The maximum Gasteiger partial charge on any atom is 0.132 e. The summed E-state index contributed by atoms with van der Waals surface area (Å²) in [5.41, 5.74) is 12.6. The van der Waals surface area contributed by atoms with Gasteiger partial charge < -0.3 is 10.6 Å². The number of nitrogens with zero attached hydrogens (tertiary/aromatic N) is 2. The van der Waals surface area contributed by atoms with Crippen molar-refractivity contribution in [1.29, 1.82) is 0 Å². The highest BCUT2D eigenvalue weighted by molar-refractivity contribution is 7.26. The van der Waals surface area contributed by atoms with Crippen LogP contribution in [0.2, 0.25) is 0 Å². The molecule has 0 aliphatic carbocycles. The number of amidine groups is 1. The largest absolute Gasteiger partial charge is 0.355 e.